The second-order valence-corrected chi connectivity index (χ2v) is 9.74. The lowest BCUT2D eigenvalue weighted by Crippen LogP contribution is -2.31. The van der Waals surface area contributed by atoms with Crippen molar-refractivity contribution in [2.75, 3.05) is 24.1 Å². The second kappa shape index (κ2) is 7.95. The van der Waals surface area contributed by atoms with E-state index in [2.05, 4.69) is 14.5 Å². The van der Waals surface area contributed by atoms with Crippen LogP contribution in [0.4, 0.5) is 5.69 Å². The molecular formula is C16H17ClN4O5S2. The highest BCUT2D eigenvalue weighted by atomic mass is 35.5. The van der Waals surface area contributed by atoms with Crippen LogP contribution >= 0.6 is 11.6 Å². The van der Waals surface area contributed by atoms with Crippen LogP contribution in [0.2, 0.25) is 5.02 Å². The number of pyridine rings is 1. The minimum absolute atomic E-state index is 0.104. The SMILES string of the molecule is COc1ccc(Cl)cc1S(=O)(=O)NCCS(=O)(=O)Nc1ccn2nccc2c1. The fraction of sp³-hybridized carbons (Fsp3) is 0.188. The van der Waals surface area contributed by atoms with Gasteiger partial charge in [0, 0.05) is 24.0 Å². The fourth-order valence-corrected chi connectivity index (χ4v) is 5.01. The average Bonchev–Trinajstić information content (AvgIpc) is 3.08. The largest absolute Gasteiger partial charge is 0.495 e. The van der Waals surface area contributed by atoms with E-state index in [1.165, 1.54) is 25.3 Å². The molecule has 9 nitrogen and oxygen atoms in total. The van der Waals surface area contributed by atoms with Crippen molar-refractivity contribution in [3.63, 3.8) is 0 Å². The van der Waals surface area contributed by atoms with Crippen LogP contribution in [0.3, 0.4) is 0 Å². The summed E-state index contributed by atoms with van der Waals surface area (Å²) in [5, 5.41) is 4.24. The Labute approximate surface area is 167 Å². The van der Waals surface area contributed by atoms with Crippen molar-refractivity contribution in [1.29, 1.82) is 0 Å². The summed E-state index contributed by atoms with van der Waals surface area (Å²) in [7, 11) is -6.46. The van der Waals surface area contributed by atoms with E-state index in [4.69, 9.17) is 16.3 Å². The fourth-order valence-electron chi connectivity index (χ4n) is 2.46. The number of nitrogens with one attached hydrogen (secondary N) is 2. The smallest absolute Gasteiger partial charge is 0.244 e. The molecular weight excluding hydrogens is 428 g/mol. The van der Waals surface area contributed by atoms with Crippen LogP contribution in [-0.2, 0) is 20.0 Å². The van der Waals surface area contributed by atoms with Gasteiger partial charge < -0.3 is 4.74 Å². The van der Waals surface area contributed by atoms with Gasteiger partial charge >= 0.3 is 0 Å². The van der Waals surface area contributed by atoms with E-state index in [1.807, 2.05) is 0 Å². The topological polar surface area (TPSA) is 119 Å². The summed E-state index contributed by atoms with van der Waals surface area (Å²) in [6, 6.07) is 9.04. The summed E-state index contributed by atoms with van der Waals surface area (Å²) < 4.78 is 60.7. The van der Waals surface area contributed by atoms with E-state index in [-0.39, 0.29) is 22.2 Å². The van der Waals surface area contributed by atoms with Gasteiger partial charge in [0.25, 0.3) is 0 Å². The maximum atomic E-state index is 12.5. The zero-order chi connectivity index (χ0) is 20.4. The average molecular weight is 445 g/mol. The molecule has 0 radical (unpaired) electrons. The molecule has 3 aromatic rings. The minimum Gasteiger partial charge on any atom is -0.495 e. The third-order valence-electron chi connectivity index (χ3n) is 3.75. The van der Waals surface area contributed by atoms with Gasteiger partial charge in [0.1, 0.15) is 10.6 Å². The molecule has 2 N–H and O–H groups in total. The zero-order valence-electron chi connectivity index (χ0n) is 14.7. The van der Waals surface area contributed by atoms with E-state index >= 15 is 0 Å². The number of rotatable bonds is 8. The molecule has 0 fully saturated rings. The van der Waals surface area contributed by atoms with Crippen molar-refractivity contribution in [2.45, 2.75) is 4.90 Å². The quantitative estimate of drug-likeness (QED) is 0.546. The minimum atomic E-state index is -4.01. The van der Waals surface area contributed by atoms with Crippen LogP contribution in [-0.4, -0.2) is 45.9 Å². The molecule has 0 amide bonds. The number of nitrogens with zero attached hydrogens (tertiary/aromatic N) is 2. The Balaban J connectivity index is 1.66. The predicted octanol–water partition coefficient (Wildman–Crippen LogP) is 1.72. The monoisotopic (exact) mass is 444 g/mol. The van der Waals surface area contributed by atoms with Gasteiger partial charge in [0.15, 0.2) is 0 Å². The molecule has 150 valence electrons. The van der Waals surface area contributed by atoms with Crippen LogP contribution in [0.15, 0.2) is 53.7 Å². The molecule has 0 aliphatic carbocycles. The number of aromatic nitrogens is 2. The van der Waals surface area contributed by atoms with Crippen molar-refractivity contribution in [2.24, 2.45) is 0 Å². The first kappa shape index (κ1) is 20.4. The van der Waals surface area contributed by atoms with Crippen molar-refractivity contribution >= 4 is 42.9 Å². The first-order chi connectivity index (χ1) is 13.2. The lowest BCUT2D eigenvalue weighted by Gasteiger charge is -2.12. The lowest BCUT2D eigenvalue weighted by molar-refractivity contribution is 0.402. The van der Waals surface area contributed by atoms with Crippen molar-refractivity contribution < 1.29 is 21.6 Å². The zero-order valence-corrected chi connectivity index (χ0v) is 17.1. The molecule has 2 aromatic heterocycles. The van der Waals surface area contributed by atoms with Crippen molar-refractivity contribution in [3.05, 3.63) is 53.8 Å². The molecule has 0 aliphatic rings. The van der Waals surface area contributed by atoms with E-state index in [0.29, 0.717) is 11.2 Å². The Morgan fingerprint density at radius 2 is 1.93 bits per heavy atom. The van der Waals surface area contributed by atoms with E-state index in [0.717, 1.165) is 0 Å². The molecule has 0 saturated heterocycles. The summed E-state index contributed by atoms with van der Waals surface area (Å²) in [5.74, 6) is -0.355. The maximum absolute atomic E-state index is 12.5. The molecule has 0 bridgehead atoms. The molecule has 12 heteroatoms. The molecule has 0 spiro atoms. The summed E-state index contributed by atoms with van der Waals surface area (Å²) >= 11 is 5.85. The van der Waals surface area contributed by atoms with Crippen LogP contribution in [0.25, 0.3) is 5.52 Å². The van der Waals surface area contributed by atoms with Gasteiger partial charge in [-0.3, -0.25) is 4.72 Å². The Morgan fingerprint density at radius 3 is 2.68 bits per heavy atom. The highest BCUT2D eigenvalue weighted by Crippen LogP contribution is 2.26. The number of ether oxygens (including phenoxy) is 1. The standard InChI is InChI=1S/C16H17ClN4O5S2/c1-26-15-3-2-12(17)10-16(15)28(24,25)19-7-9-27(22,23)20-13-5-8-21-14(11-13)4-6-18-21/h2-6,8,10-11,19-20H,7,9H2,1H3. The van der Waals surface area contributed by atoms with Crippen LogP contribution in [0.5, 0.6) is 5.75 Å². The van der Waals surface area contributed by atoms with Crippen LogP contribution in [0.1, 0.15) is 0 Å². The van der Waals surface area contributed by atoms with Gasteiger partial charge in [-0.1, -0.05) is 11.6 Å². The summed E-state index contributed by atoms with van der Waals surface area (Å²) in [4.78, 5) is -0.168. The summed E-state index contributed by atoms with van der Waals surface area (Å²) in [6.45, 7) is -0.331. The summed E-state index contributed by atoms with van der Waals surface area (Å²) in [5.41, 5.74) is 1.07. The van der Waals surface area contributed by atoms with E-state index in [9.17, 15) is 16.8 Å². The summed E-state index contributed by atoms with van der Waals surface area (Å²) in [6.07, 6.45) is 3.20. The third kappa shape index (κ3) is 4.73. The highest BCUT2D eigenvalue weighted by molar-refractivity contribution is 7.92. The lowest BCUT2D eigenvalue weighted by atomic mass is 10.3. The molecule has 0 aliphatic heterocycles. The number of halogens is 1. The molecule has 0 unspecified atom stereocenters. The molecule has 0 saturated carbocycles. The van der Waals surface area contributed by atoms with Crippen LogP contribution < -0.4 is 14.2 Å². The third-order valence-corrected chi connectivity index (χ3v) is 6.76. The number of anilines is 1. The van der Waals surface area contributed by atoms with Crippen molar-refractivity contribution in [1.82, 2.24) is 14.3 Å². The van der Waals surface area contributed by atoms with Gasteiger partial charge in [-0.25, -0.2) is 26.1 Å². The normalized spacial score (nSPS) is 12.2. The second-order valence-electron chi connectivity index (χ2n) is 5.73. The molecule has 0 atom stereocenters. The number of methoxy groups -OCH3 is 1. The predicted molar refractivity (Wildman–Crippen MR) is 106 cm³/mol. The Morgan fingerprint density at radius 1 is 1.14 bits per heavy atom. The highest BCUT2D eigenvalue weighted by Gasteiger charge is 2.21. The van der Waals surface area contributed by atoms with Crippen molar-refractivity contribution in [3.8, 4) is 5.75 Å². The molecule has 28 heavy (non-hydrogen) atoms. The maximum Gasteiger partial charge on any atom is 0.244 e. The van der Waals surface area contributed by atoms with Gasteiger partial charge in [0.2, 0.25) is 20.0 Å². The number of fused-ring (bicyclic) bond motifs is 1. The Kier molecular flexibility index (Phi) is 5.79. The molecule has 3 rings (SSSR count). The number of sulfonamides is 2. The van der Waals surface area contributed by atoms with Gasteiger partial charge in [-0.15, -0.1) is 0 Å². The Bertz CT molecular complexity index is 1210. The van der Waals surface area contributed by atoms with Gasteiger partial charge in [-0.2, -0.15) is 5.10 Å². The first-order valence-electron chi connectivity index (χ1n) is 7.97. The van der Waals surface area contributed by atoms with Gasteiger partial charge in [0.05, 0.1) is 24.1 Å². The molecule has 1 aromatic carbocycles. The van der Waals surface area contributed by atoms with Crippen LogP contribution in [0, 0.1) is 0 Å². The van der Waals surface area contributed by atoms with E-state index < -0.39 is 25.8 Å². The number of hydrogen-bond acceptors (Lipinski definition) is 6. The van der Waals surface area contributed by atoms with Gasteiger partial charge in [-0.05, 0) is 36.4 Å². The number of benzene rings is 1. The number of hydrogen-bond donors (Lipinski definition) is 2. The van der Waals surface area contributed by atoms with E-state index in [1.54, 1.807) is 35.1 Å². The Hall–Kier alpha value is -2.34. The first-order valence-corrected chi connectivity index (χ1v) is 11.5. The molecule has 2 heterocycles.